The molecule has 0 bridgehead atoms. The van der Waals surface area contributed by atoms with Crippen molar-refractivity contribution >= 4 is 11.5 Å². The van der Waals surface area contributed by atoms with Gasteiger partial charge in [0.15, 0.2) is 0 Å². The summed E-state index contributed by atoms with van der Waals surface area (Å²) in [7, 11) is 1.58. The number of methoxy groups -OCH3 is 1. The zero-order valence-corrected chi connectivity index (χ0v) is 16.3. The molecule has 4 heteroatoms. The summed E-state index contributed by atoms with van der Waals surface area (Å²) in [6.45, 7) is 4.24. The molecule has 0 spiro atoms. The fourth-order valence-electron chi connectivity index (χ4n) is 3.55. The van der Waals surface area contributed by atoms with Crippen LogP contribution in [-0.4, -0.2) is 18.1 Å². The molecule has 0 unspecified atom stereocenters. The van der Waals surface area contributed by atoms with Gasteiger partial charge in [-0.05, 0) is 80.0 Å². The second-order valence-electron chi connectivity index (χ2n) is 7.16. The highest BCUT2D eigenvalue weighted by atomic mass is 16.5. The van der Waals surface area contributed by atoms with Gasteiger partial charge in [0.05, 0.1) is 12.7 Å². The largest absolute Gasteiger partial charge is 0.508 e. The molecule has 0 radical (unpaired) electrons. The number of ether oxygens (including phenoxy) is 1. The quantitative estimate of drug-likeness (QED) is 0.792. The highest BCUT2D eigenvalue weighted by Crippen LogP contribution is 2.33. The van der Waals surface area contributed by atoms with Gasteiger partial charge in [0.2, 0.25) is 0 Å². The van der Waals surface area contributed by atoms with Crippen LogP contribution in [0.5, 0.6) is 11.5 Å². The molecule has 2 aromatic rings. The topological polar surface area (TPSA) is 58.6 Å². The number of carbonyl (C=O) groups is 1. The predicted octanol–water partition coefficient (Wildman–Crippen LogP) is 4.91. The summed E-state index contributed by atoms with van der Waals surface area (Å²) in [6, 6.07) is 9.32. The molecule has 1 aliphatic carbocycles. The van der Waals surface area contributed by atoms with Gasteiger partial charge in [0, 0.05) is 12.1 Å². The Morgan fingerprint density at radius 3 is 2.67 bits per heavy atom. The highest BCUT2D eigenvalue weighted by molar-refractivity contribution is 5.98. The number of nitrogens with one attached hydrogen (secondary N) is 1. The fourth-order valence-corrected chi connectivity index (χ4v) is 3.55. The third-order valence-corrected chi connectivity index (χ3v) is 5.11. The number of aryl methyl sites for hydroxylation is 2. The van der Waals surface area contributed by atoms with Crippen molar-refractivity contribution in [2.24, 2.45) is 0 Å². The first-order valence-electron chi connectivity index (χ1n) is 9.44. The van der Waals surface area contributed by atoms with Gasteiger partial charge in [-0.15, -0.1) is 0 Å². The number of amides is 1. The van der Waals surface area contributed by atoms with E-state index < -0.39 is 0 Å². The molecule has 2 N–H and O–H groups in total. The number of benzene rings is 2. The Balaban J connectivity index is 1.85. The van der Waals surface area contributed by atoms with Crippen molar-refractivity contribution < 1.29 is 14.6 Å². The summed E-state index contributed by atoms with van der Waals surface area (Å²) in [5.74, 6) is 0.557. The number of hydrogen-bond acceptors (Lipinski definition) is 3. The molecular formula is C23H27NO3. The lowest BCUT2D eigenvalue weighted by atomic mass is 9.89. The average molecular weight is 365 g/mol. The number of phenols is 1. The van der Waals surface area contributed by atoms with Gasteiger partial charge in [-0.2, -0.15) is 0 Å². The second kappa shape index (κ2) is 8.30. The van der Waals surface area contributed by atoms with Gasteiger partial charge >= 0.3 is 0 Å². The molecule has 1 aliphatic rings. The van der Waals surface area contributed by atoms with E-state index in [0.29, 0.717) is 16.9 Å². The first kappa shape index (κ1) is 19.0. The van der Waals surface area contributed by atoms with E-state index in [2.05, 4.69) is 18.3 Å². The van der Waals surface area contributed by atoms with Crippen molar-refractivity contribution in [3.05, 3.63) is 64.2 Å². The van der Waals surface area contributed by atoms with E-state index in [1.165, 1.54) is 18.4 Å². The van der Waals surface area contributed by atoms with E-state index in [-0.39, 0.29) is 18.2 Å². The van der Waals surface area contributed by atoms with Gasteiger partial charge in [0.1, 0.15) is 11.5 Å². The molecule has 0 saturated carbocycles. The molecule has 0 saturated heterocycles. The second-order valence-corrected chi connectivity index (χ2v) is 7.16. The van der Waals surface area contributed by atoms with Crippen LogP contribution in [0.4, 0.5) is 0 Å². The number of aromatic hydroxyl groups is 1. The molecule has 3 rings (SSSR count). The van der Waals surface area contributed by atoms with Crippen LogP contribution in [0.25, 0.3) is 5.57 Å². The molecule has 1 amide bonds. The minimum Gasteiger partial charge on any atom is -0.508 e. The maximum atomic E-state index is 12.8. The van der Waals surface area contributed by atoms with Crippen molar-refractivity contribution in [3.8, 4) is 11.5 Å². The van der Waals surface area contributed by atoms with Crippen molar-refractivity contribution in [1.29, 1.82) is 0 Å². The first-order chi connectivity index (χ1) is 13.0. The van der Waals surface area contributed by atoms with Gasteiger partial charge in [-0.25, -0.2) is 0 Å². The van der Waals surface area contributed by atoms with Crippen molar-refractivity contribution in [2.45, 2.75) is 46.1 Å². The van der Waals surface area contributed by atoms with Crippen LogP contribution in [-0.2, 0) is 6.54 Å². The third kappa shape index (κ3) is 4.33. The van der Waals surface area contributed by atoms with E-state index in [4.69, 9.17) is 4.74 Å². The molecule has 2 aromatic carbocycles. The van der Waals surface area contributed by atoms with Gasteiger partial charge in [-0.3, -0.25) is 4.79 Å². The number of allylic oxidation sites excluding steroid dienone is 2. The van der Waals surface area contributed by atoms with Crippen molar-refractivity contribution in [3.63, 3.8) is 0 Å². The van der Waals surface area contributed by atoms with Gasteiger partial charge < -0.3 is 15.2 Å². The van der Waals surface area contributed by atoms with Crippen LogP contribution >= 0.6 is 0 Å². The highest BCUT2D eigenvalue weighted by Gasteiger charge is 2.18. The van der Waals surface area contributed by atoms with Crippen LogP contribution < -0.4 is 10.1 Å². The summed E-state index contributed by atoms with van der Waals surface area (Å²) in [5, 5.41) is 12.9. The lowest BCUT2D eigenvalue weighted by Crippen LogP contribution is -2.23. The summed E-state index contributed by atoms with van der Waals surface area (Å²) < 4.78 is 5.45. The number of rotatable bonds is 5. The number of phenolic OH excluding ortho intramolecular Hbond substituents is 1. The van der Waals surface area contributed by atoms with Gasteiger partial charge in [-0.1, -0.05) is 18.2 Å². The maximum Gasteiger partial charge on any atom is 0.255 e. The van der Waals surface area contributed by atoms with Crippen molar-refractivity contribution in [1.82, 2.24) is 5.32 Å². The Hall–Kier alpha value is -2.75. The Morgan fingerprint density at radius 1 is 1.19 bits per heavy atom. The maximum absolute atomic E-state index is 12.8. The molecule has 0 fully saturated rings. The Morgan fingerprint density at radius 2 is 2.00 bits per heavy atom. The lowest BCUT2D eigenvalue weighted by Gasteiger charge is -2.18. The number of carbonyl (C=O) groups excluding carboxylic acids is 1. The first-order valence-corrected chi connectivity index (χ1v) is 9.44. The van der Waals surface area contributed by atoms with Crippen molar-refractivity contribution in [2.75, 3.05) is 7.11 Å². The van der Waals surface area contributed by atoms with Crippen LogP contribution in [0.1, 0.15) is 58.3 Å². The Kier molecular flexibility index (Phi) is 5.84. The molecule has 142 valence electrons. The van der Waals surface area contributed by atoms with E-state index >= 15 is 0 Å². The van der Waals surface area contributed by atoms with Crippen LogP contribution in [0.2, 0.25) is 0 Å². The molecule has 4 nitrogen and oxygen atoms in total. The molecule has 27 heavy (non-hydrogen) atoms. The number of hydrogen-bond donors (Lipinski definition) is 2. The smallest absolute Gasteiger partial charge is 0.255 e. The minimum atomic E-state index is -0.204. The van der Waals surface area contributed by atoms with Crippen LogP contribution in [0, 0.1) is 13.8 Å². The Labute approximate surface area is 160 Å². The van der Waals surface area contributed by atoms with Gasteiger partial charge in [0.25, 0.3) is 5.91 Å². The van der Waals surface area contributed by atoms with Crippen LogP contribution in [0.3, 0.4) is 0 Å². The predicted molar refractivity (Wildman–Crippen MR) is 108 cm³/mol. The van der Waals surface area contributed by atoms with E-state index in [9.17, 15) is 9.90 Å². The molecule has 0 aromatic heterocycles. The lowest BCUT2D eigenvalue weighted by molar-refractivity contribution is 0.0947. The van der Waals surface area contributed by atoms with Crippen LogP contribution in [0.15, 0.2) is 36.4 Å². The zero-order chi connectivity index (χ0) is 19.4. The van der Waals surface area contributed by atoms with E-state index in [1.54, 1.807) is 13.2 Å². The SMILES string of the molecule is COc1cc(C)c(C2=CCCCC2)cc1C(=O)NCc1ccc(C)cc1O. The summed E-state index contributed by atoms with van der Waals surface area (Å²) in [5.41, 5.74) is 5.75. The summed E-state index contributed by atoms with van der Waals surface area (Å²) in [4.78, 5) is 12.8. The minimum absolute atomic E-state index is 0.194. The molecule has 0 atom stereocenters. The average Bonchev–Trinajstić information content (AvgIpc) is 2.67. The standard InChI is InChI=1S/C23H27NO3/c1-15-9-10-18(21(25)11-15)14-24-23(26)20-13-19(16(2)12-22(20)27-3)17-7-5-4-6-8-17/h7,9-13,25H,4-6,8,14H2,1-3H3,(H,24,26). The fraction of sp³-hybridized carbons (Fsp3) is 0.348. The Bertz CT molecular complexity index is 883. The third-order valence-electron chi connectivity index (χ3n) is 5.11. The molecule has 0 heterocycles. The molecule has 0 aliphatic heterocycles. The zero-order valence-electron chi connectivity index (χ0n) is 16.3. The molecular weight excluding hydrogens is 338 g/mol. The van der Waals surface area contributed by atoms with E-state index in [0.717, 1.165) is 29.5 Å². The summed E-state index contributed by atoms with van der Waals surface area (Å²) in [6.07, 6.45) is 6.84. The summed E-state index contributed by atoms with van der Waals surface area (Å²) >= 11 is 0. The monoisotopic (exact) mass is 365 g/mol. The normalized spacial score (nSPS) is 13.8. The van der Waals surface area contributed by atoms with E-state index in [1.807, 2.05) is 31.2 Å².